The van der Waals surface area contributed by atoms with Gasteiger partial charge in [0.1, 0.15) is 0 Å². The number of nitrogens with one attached hydrogen (secondary N) is 1. The Balaban J connectivity index is 2.78. The van der Waals surface area contributed by atoms with Gasteiger partial charge < -0.3 is 20.5 Å². The van der Waals surface area contributed by atoms with E-state index in [-0.39, 0.29) is 6.04 Å². The van der Waals surface area contributed by atoms with Crippen LogP contribution in [0.4, 0.5) is 0 Å². The van der Waals surface area contributed by atoms with E-state index in [2.05, 4.69) is 5.32 Å². The summed E-state index contributed by atoms with van der Waals surface area (Å²) in [6, 6.07) is 6.13. The minimum atomic E-state index is 0.288. The normalized spacial score (nSPS) is 12.2. The predicted octanol–water partition coefficient (Wildman–Crippen LogP) is 1.14. The van der Waals surface area contributed by atoms with Gasteiger partial charge in [0.2, 0.25) is 0 Å². The molecule has 0 heterocycles. The Morgan fingerprint density at radius 2 is 2.06 bits per heavy atom. The van der Waals surface area contributed by atoms with E-state index >= 15 is 0 Å². The van der Waals surface area contributed by atoms with E-state index in [1.54, 1.807) is 14.2 Å². The first-order valence-corrected chi connectivity index (χ1v) is 5.36. The van der Waals surface area contributed by atoms with E-state index < -0.39 is 0 Å². The highest BCUT2D eigenvalue weighted by molar-refractivity contribution is 5.46. The first kappa shape index (κ1) is 12.8. The van der Waals surface area contributed by atoms with Crippen LogP contribution in [0.2, 0.25) is 0 Å². The molecule has 4 nitrogen and oxygen atoms in total. The molecule has 0 amide bonds. The topological polar surface area (TPSA) is 56.5 Å². The quantitative estimate of drug-likeness (QED) is 0.761. The SMILES string of the molecule is COc1cccc(CN[C@@H](C)CN)c1OC. The fraction of sp³-hybridized carbons (Fsp3) is 0.500. The third kappa shape index (κ3) is 3.12. The van der Waals surface area contributed by atoms with E-state index in [4.69, 9.17) is 15.2 Å². The summed E-state index contributed by atoms with van der Waals surface area (Å²) < 4.78 is 10.6. The number of hydrogen-bond acceptors (Lipinski definition) is 4. The molecule has 1 aromatic carbocycles. The van der Waals surface area contributed by atoms with Gasteiger partial charge >= 0.3 is 0 Å². The summed E-state index contributed by atoms with van der Waals surface area (Å²) in [6.45, 7) is 3.39. The molecule has 0 radical (unpaired) electrons. The lowest BCUT2D eigenvalue weighted by Crippen LogP contribution is -2.32. The molecule has 0 spiro atoms. The first-order chi connectivity index (χ1) is 7.72. The molecule has 0 aliphatic heterocycles. The summed E-state index contributed by atoms with van der Waals surface area (Å²) in [6.07, 6.45) is 0. The van der Waals surface area contributed by atoms with Crippen LogP contribution in [0.5, 0.6) is 11.5 Å². The van der Waals surface area contributed by atoms with Crippen LogP contribution in [-0.2, 0) is 6.54 Å². The average molecular weight is 224 g/mol. The smallest absolute Gasteiger partial charge is 0.165 e. The second-order valence-electron chi connectivity index (χ2n) is 3.67. The first-order valence-electron chi connectivity index (χ1n) is 5.36. The van der Waals surface area contributed by atoms with Gasteiger partial charge in [-0.25, -0.2) is 0 Å². The van der Waals surface area contributed by atoms with Gasteiger partial charge in [0.15, 0.2) is 11.5 Å². The van der Waals surface area contributed by atoms with Crippen LogP contribution in [-0.4, -0.2) is 26.8 Å². The Hall–Kier alpha value is -1.26. The van der Waals surface area contributed by atoms with Crippen LogP contribution in [0.3, 0.4) is 0 Å². The molecule has 0 aliphatic carbocycles. The number of nitrogens with two attached hydrogens (primary N) is 1. The average Bonchev–Trinajstić information content (AvgIpc) is 2.34. The summed E-state index contributed by atoms with van der Waals surface area (Å²) in [5, 5.41) is 3.31. The van der Waals surface area contributed by atoms with E-state index in [0.29, 0.717) is 6.54 Å². The number of para-hydroxylation sites is 1. The number of rotatable bonds is 6. The molecule has 0 bridgehead atoms. The van der Waals surface area contributed by atoms with Crippen LogP contribution in [0.1, 0.15) is 12.5 Å². The molecular formula is C12H20N2O2. The van der Waals surface area contributed by atoms with Gasteiger partial charge in [0, 0.05) is 24.7 Å². The lowest BCUT2D eigenvalue weighted by Gasteiger charge is -2.15. The minimum absolute atomic E-state index is 0.288. The van der Waals surface area contributed by atoms with Gasteiger partial charge in [-0.2, -0.15) is 0 Å². The molecule has 0 saturated heterocycles. The Morgan fingerprint density at radius 1 is 1.31 bits per heavy atom. The lowest BCUT2D eigenvalue weighted by atomic mass is 10.1. The maximum atomic E-state index is 5.54. The van der Waals surface area contributed by atoms with E-state index in [9.17, 15) is 0 Å². The molecular weight excluding hydrogens is 204 g/mol. The number of ether oxygens (including phenoxy) is 2. The summed E-state index contributed by atoms with van der Waals surface area (Å²) in [4.78, 5) is 0. The maximum absolute atomic E-state index is 5.54. The van der Waals surface area contributed by atoms with Crippen molar-refractivity contribution in [3.8, 4) is 11.5 Å². The van der Waals surface area contributed by atoms with E-state index in [0.717, 1.165) is 23.6 Å². The van der Waals surface area contributed by atoms with Crippen molar-refractivity contribution < 1.29 is 9.47 Å². The minimum Gasteiger partial charge on any atom is -0.493 e. The van der Waals surface area contributed by atoms with Crippen LogP contribution < -0.4 is 20.5 Å². The molecule has 0 aliphatic rings. The monoisotopic (exact) mass is 224 g/mol. The van der Waals surface area contributed by atoms with Crippen molar-refractivity contribution in [2.75, 3.05) is 20.8 Å². The highest BCUT2D eigenvalue weighted by Gasteiger charge is 2.09. The van der Waals surface area contributed by atoms with E-state index in [1.165, 1.54) is 0 Å². The molecule has 4 heteroatoms. The van der Waals surface area contributed by atoms with Gasteiger partial charge in [0.05, 0.1) is 14.2 Å². The third-order valence-electron chi connectivity index (χ3n) is 2.48. The zero-order valence-electron chi connectivity index (χ0n) is 10.1. The summed E-state index contributed by atoms with van der Waals surface area (Å²) in [5.41, 5.74) is 6.62. The Morgan fingerprint density at radius 3 is 2.62 bits per heavy atom. The molecule has 16 heavy (non-hydrogen) atoms. The fourth-order valence-electron chi connectivity index (χ4n) is 1.46. The molecule has 3 N–H and O–H groups in total. The summed E-state index contributed by atoms with van der Waals surface area (Å²) >= 11 is 0. The van der Waals surface area contributed by atoms with Gasteiger partial charge in [0.25, 0.3) is 0 Å². The van der Waals surface area contributed by atoms with Gasteiger partial charge in [-0.15, -0.1) is 0 Å². The molecule has 0 saturated carbocycles. The molecule has 1 rings (SSSR count). The number of methoxy groups -OCH3 is 2. The zero-order chi connectivity index (χ0) is 12.0. The highest BCUT2D eigenvalue weighted by Crippen LogP contribution is 2.30. The number of hydrogen-bond donors (Lipinski definition) is 2. The third-order valence-corrected chi connectivity index (χ3v) is 2.48. The van der Waals surface area contributed by atoms with Crippen molar-refractivity contribution in [2.24, 2.45) is 5.73 Å². The van der Waals surface area contributed by atoms with Crippen molar-refractivity contribution in [3.63, 3.8) is 0 Å². The van der Waals surface area contributed by atoms with Crippen LogP contribution in [0, 0.1) is 0 Å². The van der Waals surface area contributed by atoms with Gasteiger partial charge in [-0.1, -0.05) is 12.1 Å². The predicted molar refractivity (Wildman–Crippen MR) is 64.9 cm³/mol. The fourth-order valence-corrected chi connectivity index (χ4v) is 1.46. The molecule has 0 unspecified atom stereocenters. The Bertz CT molecular complexity index is 329. The van der Waals surface area contributed by atoms with Crippen molar-refractivity contribution in [3.05, 3.63) is 23.8 Å². The maximum Gasteiger partial charge on any atom is 0.165 e. The standard InChI is InChI=1S/C12H20N2O2/c1-9(7-13)14-8-10-5-4-6-11(15-2)12(10)16-3/h4-6,9,14H,7-8,13H2,1-3H3/t9-/m0/s1. The zero-order valence-corrected chi connectivity index (χ0v) is 10.1. The molecule has 0 aromatic heterocycles. The molecule has 90 valence electrons. The Kier molecular flexibility index (Phi) is 5.08. The lowest BCUT2D eigenvalue weighted by molar-refractivity contribution is 0.350. The van der Waals surface area contributed by atoms with Gasteiger partial charge in [-0.05, 0) is 13.0 Å². The van der Waals surface area contributed by atoms with Crippen molar-refractivity contribution in [1.29, 1.82) is 0 Å². The van der Waals surface area contributed by atoms with E-state index in [1.807, 2.05) is 25.1 Å². The second kappa shape index (κ2) is 6.35. The molecule has 0 fully saturated rings. The van der Waals surface area contributed by atoms with Crippen LogP contribution in [0.15, 0.2) is 18.2 Å². The van der Waals surface area contributed by atoms with Crippen LogP contribution >= 0.6 is 0 Å². The molecule has 1 atom stereocenters. The van der Waals surface area contributed by atoms with Crippen molar-refractivity contribution in [2.45, 2.75) is 19.5 Å². The Labute approximate surface area is 96.7 Å². The number of benzene rings is 1. The largest absolute Gasteiger partial charge is 0.493 e. The second-order valence-corrected chi connectivity index (χ2v) is 3.67. The summed E-state index contributed by atoms with van der Waals surface area (Å²) in [7, 11) is 3.28. The van der Waals surface area contributed by atoms with Crippen molar-refractivity contribution in [1.82, 2.24) is 5.32 Å². The molecule has 1 aromatic rings. The van der Waals surface area contributed by atoms with Crippen molar-refractivity contribution >= 4 is 0 Å². The highest BCUT2D eigenvalue weighted by atomic mass is 16.5. The van der Waals surface area contributed by atoms with Gasteiger partial charge in [-0.3, -0.25) is 0 Å². The van der Waals surface area contributed by atoms with Crippen LogP contribution in [0.25, 0.3) is 0 Å². The summed E-state index contributed by atoms with van der Waals surface area (Å²) in [5.74, 6) is 1.53.